The average Bonchev–Trinajstić information content (AvgIpc) is 2.97. The molecule has 1 atom stereocenters. The standard InChI is InChI=1S/C17H22N2O3/c20-16(19-11-7-13-4-1-2-6-15(13)19)8-10-18-9-3-5-14(12-18)17(21)22/h1-2,4,6,14H,3,5,7-12H2,(H,21,22). The molecule has 5 nitrogen and oxygen atoms in total. The number of likely N-dealkylation sites (tertiary alicyclic amines) is 1. The number of carbonyl (C=O) groups is 2. The number of carbonyl (C=O) groups excluding carboxylic acids is 1. The molecular formula is C17H22N2O3. The van der Waals surface area contributed by atoms with Crippen molar-refractivity contribution in [3.05, 3.63) is 29.8 Å². The molecule has 0 radical (unpaired) electrons. The molecule has 0 saturated carbocycles. The number of carboxylic acid groups (broad SMARTS) is 1. The lowest BCUT2D eigenvalue weighted by Gasteiger charge is -2.30. The molecule has 1 saturated heterocycles. The molecule has 2 aliphatic heterocycles. The van der Waals surface area contributed by atoms with Gasteiger partial charge in [0.05, 0.1) is 5.92 Å². The smallest absolute Gasteiger partial charge is 0.307 e. The van der Waals surface area contributed by atoms with E-state index >= 15 is 0 Å². The number of rotatable bonds is 4. The van der Waals surface area contributed by atoms with E-state index in [0.29, 0.717) is 19.5 Å². The number of aliphatic carboxylic acids is 1. The third kappa shape index (κ3) is 3.14. The molecule has 0 aromatic heterocycles. The zero-order valence-corrected chi connectivity index (χ0v) is 12.7. The molecule has 0 bridgehead atoms. The van der Waals surface area contributed by atoms with E-state index in [4.69, 9.17) is 5.11 Å². The van der Waals surface area contributed by atoms with E-state index in [9.17, 15) is 9.59 Å². The maximum atomic E-state index is 12.4. The van der Waals surface area contributed by atoms with Gasteiger partial charge in [-0.2, -0.15) is 0 Å². The van der Waals surface area contributed by atoms with Crippen LogP contribution in [0.4, 0.5) is 5.69 Å². The van der Waals surface area contributed by atoms with Crippen molar-refractivity contribution in [2.24, 2.45) is 5.92 Å². The number of para-hydroxylation sites is 1. The number of carboxylic acids is 1. The Morgan fingerprint density at radius 1 is 1.23 bits per heavy atom. The maximum absolute atomic E-state index is 12.4. The lowest BCUT2D eigenvalue weighted by Crippen LogP contribution is -2.41. The van der Waals surface area contributed by atoms with E-state index in [1.165, 1.54) is 5.56 Å². The summed E-state index contributed by atoms with van der Waals surface area (Å²) in [6.07, 6.45) is 3.03. The quantitative estimate of drug-likeness (QED) is 0.920. The van der Waals surface area contributed by atoms with E-state index in [2.05, 4.69) is 11.0 Å². The van der Waals surface area contributed by atoms with Gasteiger partial charge in [0.25, 0.3) is 0 Å². The molecule has 1 fully saturated rings. The number of hydrogen-bond acceptors (Lipinski definition) is 3. The van der Waals surface area contributed by atoms with Gasteiger partial charge in [0, 0.05) is 31.7 Å². The van der Waals surface area contributed by atoms with Gasteiger partial charge in [0.15, 0.2) is 0 Å². The highest BCUT2D eigenvalue weighted by Gasteiger charge is 2.27. The molecule has 0 spiro atoms. The van der Waals surface area contributed by atoms with Crippen LogP contribution in [0.2, 0.25) is 0 Å². The van der Waals surface area contributed by atoms with Crippen LogP contribution in [-0.2, 0) is 16.0 Å². The third-order valence-corrected chi connectivity index (χ3v) is 4.68. The topological polar surface area (TPSA) is 60.9 Å². The number of fused-ring (bicyclic) bond motifs is 1. The lowest BCUT2D eigenvalue weighted by atomic mass is 9.98. The predicted octanol–water partition coefficient (Wildman–Crippen LogP) is 1.76. The van der Waals surface area contributed by atoms with Gasteiger partial charge in [-0.25, -0.2) is 0 Å². The van der Waals surface area contributed by atoms with Crippen LogP contribution < -0.4 is 4.90 Å². The second-order valence-corrected chi connectivity index (χ2v) is 6.15. The van der Waals surface area contributed by atoms with Gasteiger partial charge in [-0.1, -0.05) is 18.2 Å². The molecule has 2 aliphatic rings. The molecule has 1 unspecified atom stereocenters. The maximum Gasteiger partial charge on any atom is 0.307 e. The first-order valence-electron chi connectivity index (χ1n) is 7.98. The van der Waals surface area contributed by atoms with Gasteiger partial charge in [0.2, 0.25) is 5.91 Å². The van der Waals surface area contributed by atoms with Crippen molar-refractivity contribution in [1.29, 1.82) is 0 Å². The Bertz CT molecular complexity index is 573. The minimum atomic E-state index is -0.718. The highest BCUT2D eigenvalue weighted by atomic mass is 16.4. The summed E-state index contributed by atoms with van der Waals surface area (Å²) in [5.41, 5.74) is 2.27. The molecule has 1 amide bonds. The summed E-state index contributed by atoms with van der Waals surface area (Å²) < 4.78 is 0. The highest BCUT2D eigenvalue weighted by molar-refractivity contribution is 5.95. The van der Waals surface area contributed by atoms with Gasteiger partial charge in [-0.15, -0.1) is 0 Å². The summed E-state index contributed by atoms with van der Waals surface area (Å²) >= 11 is 0. The molecular weight excluding hydrogens is 280 g/mol. The summed E-state index contributed by atoms with van der Waals surface area (Å²) in [5, 5.41) is 9.11. The zero-order valence-electron chi connectivity index (χ0n) is 12.7. The second-order valence-electron chi connectivity index (χ2n) is 6.15. The third-order valence-electron chi connectivity index (χ3n) is 4.68. The van der Waals surface area contributed by atoms with E-state index in [1.54, 1.807) is 0 Å². The molecule has 0 aliphatic carbocycles. The van der Waals surface area contributed by atoms with Crippen LogP contribution in [0.15, 0.2) is 24.3 Å². The van der Waals surface area contributed by atoms with Gasteiger partial charge >= 0.3 is 5.97 Å². The molecule has 5 heteroatoms. The fourth-order valence-corrected chi connectivity index (χ4v) is 3.45. The van der Waals surface area contributed by atoms with Crippen LogP contribution in [0.25, 0.3) is 0 Å². The summed E-state index contributed by atoms with van der Waals surface area (Å²) in [6, 6.07) is 8.05. The van der Waals surface area contributed by atoms with Crippen LogP contribution in [0, 0.1) is 5.92 Å². The van der Waals surface area contributed by atoms with Crippen LogP contribution in [0.1, 0.15) is 24.8 Å². The number of piperidine rings is 1. The van der Waals surface area contributed by atoms with Crippen LogP contribution >= 0.6 is 0 Å². The Hall–Kier alpha value is -1.88. The fourth-order valence-electron chi connectivity index (χ4n) is 3.45. The van der Waals surface area contributed by atoms with Gasteiger partial charge < -0.3 is 14.9 Å². The normalized spacial score (nSPS) is 21.6. The number of anilines is 1. The Morgan fingerprint density at radius 3 is 2.86 bits per heavy atom. The first-order valence-corrected chi connectivity index (χ1v) is 7.98. The van der Waals surface area contributed by atoms with E-state index in [1.807, 2.05) is 23.1 Å². The number of hydrogen-bond donors (Lipinski definition) is 1. The largest absolute Gasteiger partial charge is 0.481 e. The Kier molecular flexibility index (Phi) is 4.43. The first-order chi connectivity index (χ1) is 10.6. The van der Waals surface area contributed by atoms with Crippen molar-refractivity contribution in [2.75, 3.05) is 31.1 Å². The summed E-state index contributed by atoms with van der Waals surface area (Å²) in [7, 11) is 0. The molecule has 2 heterocycles. The molecule has 3 rings (SSSR count). The van der Waals surface area contributed by atoms with E-state index < -0.39 is 5.97 Å². The van der Waals surface area contributed by atoms with E-state index in [0.717, 1.165) is 38.0 Å². The first kappa shape index (κ1) is 15.0. The SMILES string of the molecule is O=C(O)C1CCCN(CCC(=O)N2CCc3ccccc32)C1. The van der Waals surface area contributed by atoms with Crippen molar-refractivity contribution in [2.45, 2.75) is 25.7 Å². The van der Waals surface area contributed by atoms with Crippen molar-refractivity contribution >= 4 is 17.6 Å². The fraction of sp³-hybridized carbons (Fsp3) is 0.529. The second kappa shape index (κ2) is 6.48. The Labute approximate surface area is 130 Å². The van der Waals surface area contributed by atoms with Gasteiger partial charge in [-0.3, -0.25) is 9.59 Å². The van der Waals surface area contributed by atoms with Crippen molar-refractivity contribution in [3.63, 3.8) is 0 Å². The van der Waals surface area contributed by atoms with Crippen LogP contribution in [-0.4, -0.2) is 48.1 Å². The number of nitrogens with zero attached hydrogens (tertiary/aromatic N) is 2. The molecule has 1 N–H and O–H groups in total. The zero-order chi connectivity index (χ0) is 15.5. The monoisotopic (exact) mass is 302 g/mol. The van der Waals surface area contributed by atoms with Crippen molar-refractivity contribution in [1.82, 2.24) is 4.90 Å². The summed E-state index contributed by atoms with van der Waals surface area (Å²) in [6.45, 7) is 2.88. The summed E-state index contributed by atoms with van der Waals surface area (Å²) in [5.74, 6) is -0.858. The minimum absolute atomic E-state index is 0.141. The van der Waals surface area contributed by atoms with Gasteiger partial charge in [-0.05, 0) is 37.4 Å². The predicted molar refractivity (Wildman–Crippen MR) is 83.9 cm³/mol. The molecule has 1 aromatic carbocycles. The van der Waals surface area contributed by atoms with Crippen molar-refractivity contribution in [3.8, 4) is 0 Å². The Balaban J connectivity index is 1.54. The molecule has 22 heavy (non-hydrogen) atoms. The molecule has 1 aromatic rings. The van der Waals surface area contributed by atoms with Crippen LogP contribution in [0.3, 0.4) is 0 Å². The highest BCUT2D eigenvalue weighted by Crippen LogP contribution is 2.28. The summed E-state index contributed by atoms with van der Waals surface area (Å²) in [4.78, 5) is 27.5. The van der Waals surface area contributed by atoms with Gasteiger partial charge in [0.1, 0.15) is 0 Å². The lowest BCUT2D eigenvalue weighted by molar-refractivity contribution is -0.143. The minimum Gasteiger partial charge on any atom is -0.481 e. The van der Waals surface area contributed by atoms with Crippen molar-refractivity contribution < 1.29 is 14.7 Å². The number of benzene rings is 1. The Morgan fingerprint density at radius 2 is 2.05 bits per heavy atom. The number of amides is 1. The average molecular weight is 302 g/mol. The van der Waals surface area contributed by atoms with E-state index in [-0.39, 0.29) is 11.8 Å². The molecule has 118 valence electrons. The van der Waals surface area contributed by atoms with Crippen LogP contribution in [0.5, 0.6) is 0 Å².